The first kappa shape index (κ1) is 16.4. The smallest absolute Gasteiger partial charge is 0.307 e. The zero-order valence-corrected chi connectivity index (χ0v) is 12.9. The Kier molecular flexibility index (Phi) is 6.26. The molecule has 19 heavy (non-hydrogen) atoms. The molecular weight excluding hydrogens is 266 g/mol. The molecule has 0 aromatic carbocycles. The molecule has 1 atom stereocenters. The van der Waals surface area contributed by atoms with Crippen molar-refractivity contribution in [3.8, 4) is 0 Å². The zero-order valence-electron chi connectivity index (χ0n) is 12.1. The minimum absolute atomic E-state index is 0.164. The van der Waals surface area contributed by atoms with Crippen molar-refractivity contribution >= 4 is 16.0 Å². The van der Waals surface area contributed by atoms with E-state index >= 15 is 0 Å². The van der Waals surface area contributed by atoms with Crippen LogP contribution >= 0.6 is 0 Å². The van der Waals surface area contributed by atoms with Gasteiger partial charge in [0.1, 0.15) is 0 Å². The van der Waals surface area contributed by atoms with Gasteiger partial charge in [-0.05, 0) is 25.2 Å². The van der Waals surface area contributed by atoms with Crippen LogP contribution in [0.15, 0.2) is 0 Å². The standard InChI is InChI=1S/C13H25NO4S/c1-11(2)7-9-19(16,17)14-8-5-4-6-12(14)10-13(15)18-3/h11-12H,4-10H2,1-3H3. The number of rotatable bonds is 6. The molecule has 1 heterocycles. The molecule has 6 heteroatoms. The minimum atomic E-state index is -3.26. The first-order chi connectivity index (χ1) is 8.86. The van der Waals surface area contributed by atoms with E-state index in [0.717, 1.165) is 19.3 Å². The first-order valence-corrected chi connectivity index (χ1v) is 8.54. The molecule has 0 amide bonds. The molecule has 0 spiro atoms. The molecule has 0 radical (unpaired) electrons. The highest BCUT2D eigenvalue weighted by Crippen LogP contribution is 2.24. The maximum absolute atomic E-state index is 12.3. The monoisotopic (exact) mass is 291 g/mol. The molecular formula is C13H25NO4S. The Morgan fingerprint density at radius 2 is 2.05 bits per heavy atom. The predicted octanol–water partition coefficient (Wildman–Crippen LogP) is 1.78. The van der Waals surface area contributed by atoms with Gasteiger partial charge in [0.15, 0.2) is 0 Å². The maximum Gasteiger partial charge on any atom is 0.307 e. The van der Waals surface area contributed by atoms with Crippen LogP contribution in [0.25, 0.3) is 0 Å². The number of ether oxygens (including phenoxy) is 1. The molecule has 5 nitrogen and oxygen atoms in total. The van der Waals surface area contributed by atoms with Crippen LogP contribution in [0.3, 0.4) is 0 Å². The van der Waals surface area contributed by atoms with Crippen molar-refractivity contribution in [1.82, 2.24) is 4.31 Å². The van der Waals surface area contributed by atoms with Gasteiger partial charge in [0.05, 0.1) is 19.3 Å². The van der Waals surface area contributed by atoms with Gasteiger partial charge in [-0.3, -0.25) is 4.79 Å². The quantitative estimate of drug-likeness (QED) is 0.700. The predicted molar refractivity (Wildman–Crippen MR) is 74.2 cm³/mol. The fourth-order valence-electron chi connectivity index (χ4n) is 2.32. The molecule has 0 bridgehead atoms. The van der Waals surface area contributed by atoms with Crippen molar-refractivity contribution in [3.63, 3.8) is 0 Å². The Labute approximate surface area is 116 Å². The number of hydrogen-bond acceptors (Lipinski definition) is 4. The van der Waals surface area contributed by atoms with E-state index in [4.69, 9.17) is 0 Å². The third-order valence-corrected chi connectivity index (χ3v) is 5.46. The third kappa shape index (κ3) is 5.10. The largest absolute Gasteiger partial charge is 0.469 e. The van der Waals surface area contributed by atoms with E-state index in [0.29, 0.717) is 18.9 Å². The summed E-state index contributed by atoms with van der Waals surface area (Å²) in [6.45, 7) is 4.55. The molecule has 1 fully saturated rings. The van der Waals surface area contributed by atoms with Crippen molar-refractivity contribution in [1.29, 1.82) is 0 Å². The van der Waals surface area contributed by atoms with Gasteiger partial charge in [0, 0.05) is 12.6 Å². The van der Waals surface area contributed by atoms with E-state index in [1.807, 2.05) is 13.8 Å². The molecule has 1 unspecified atom stereocenters. The number of piperidine rings is 1. The third-order valence-electron chi connectivity index (χ3n) is 3.51. The molecule has 1 saturated heterocycles. The highest BCUT2D eigenvalue weighted by atomic mass is 32.2. The van der Waals surface area contributed by atoms with Gasteiger partial charge in [0.2, 0.25) is 10.0 Å². The topological polar surface area (TPSA) is 63.7 Å². The molecule has 0 N–H and O–H groups in total. The van der Waals surface area contributed by atoms with Gasteiger partial charge in [-0.15, -0.1) is 0 Å². The number of sulfonamides is 1. The lowest BCUT2D eigenvalue weighted by Gasteiger charge is -2.34. The van der Waals surface area contributed by atoms with Crippen LogP contribution in [-0.4, -0.2) is 44.1 Å². The van der Waals surface area contributed by atoms with Crippen molar-refractivity contribution in [2.24, 2.45) is 5.92 Å². The summed E-state index contributed by atoms with van der Waals surface area (Å²) in [6, 6.07) is -0.224. The zero-order chi connectivity index (χ0) is 14.5. The van der Waals surface area contributed by atoms with Crippen LogP contribution in [0.1, 0.15) is 46.0 Å². The summed E-state index contributed by atoms with van der Waals surface area (Å²) in [4.78, 5) is 11.4. The maximum atomic E-state index is 12.3. The summed E-state index contributed by atoms with van der Waals surface area (Å²) in [5.74, 6) is 0.192. The van der Waals surface area contributed by atoms with Crippen LogP contribution in [0.2, 0.25) is 0 Å². The molecule has 0 aromatic rings. The van der Waals surface area contributed by atoms with E-state index < -0.39 is 10.0 Å². The van der Waals surface area contributed by atoms with Crippen molar-refractivity contribution in [2.75, 3.05) is 19.4 Å². The number of carbonyl (C=O) groups is 1. The highest BCUT2D eigenvalue weighted by molar-refractivity contribution is 7.89. The van der Waals surface area contributed by atoms with Crippen LogP contribution in [0.5, 0.6) is 0 Å². The van der Waals surface area contributed by atoms with Crippen molar-refractivity contribution < 1.29 is 17.9 Å². The van der Waals surface area contributed by atoms with Crippen molar-refractivity contribution in [3.05, 3.63) is 0 Å². The summed E-state index contributed by atoms with van der Waals surface area (Å²) in [5, 5.41) is 0. The molecule has 0 saturated carbocycles. The minimum Gasteiger partial charge on any atom is -0.469 e. The van der Waals surface area contributed by atoms with Gasteiger partial charge in [-0.2, -0.15) is 4.31 Å². The van der Waals surface area contributed by atoms with E-state index in [9.17, 15) is 13.2 Å². The first-order valence-electron chi connectivity index (χ1n) is 6.93. The van der Waals surface area contributed by atoms with Gasteiger partial charge in [-0.1, -0.05) is 20.3 Å². The lowest BCUT2D eigenvalue weighted by molar-refractivity contribution is -0.141. The second-order valence-electron chi connectivity index (χ2n) is 5.54. The summed E-state index contributed by atoms with van der Waals surface area (Å²) in [6.07, 6.45) is 3.41. The second-order valence-corrected chi connectivity index (χ2v) is 7.58. The van der Waals surface area contributed by atoms with E-state index in [1.165, 1.54) is 11.4 Å². The number of carbonyl (C=O) groups excluding carboxylic acids is 1. The Morgan fingerprint density at radius 3 is 2.63 bits per heavy atom. The van der Waals surface area contributed by atoms with Crippen LogP contribution in [-0.2, 0) is 19.6 Å². The number of hydrogen-bond donors (Lipinski definition) is 0. The van der Waals surface area contributed by atoms with E-state index in [2.05, 4.69) is 4.74 Å². The average Bonchev–Trinajstić information content (AvgIpc) is 2.37. The number of nitrogens with zero attached hydrogens (tertiary/aromatic N) is 1. The van der Waals surface area contributed by atoms with Gasteiger partial charge in [0.25, 0.3) is 0 Å². The van der Waals surface area contributed by atoms with Crippen molar-refractivity contribution in [2.45, 2.75) is 52.0 Å². The SMILES string of the molecule is COC(=O)CC1CCCCN1S(=O)(=O)CCC(C)C. The molecule has 1 aliphatic rings. The molecule has 0 aromatic heterocycles. The number of esters is 1. The van der Waals surface area contributed by atoms with Gasteiger partial charge in [-0.25, -0.2) is 8.42 Å². The molecule has 1 rings (SSSR count). The molecule has 0 aliphatic carbocycles. The Hall–Kier alpha value is -0.620. The van der Waals surface area contributed by atoms with Crippen LogP contribution in [0.4, 0.5) is 0 Å². The highest BCUT2D eigenvalue weighted by Gasteiger charge is 2.33. The molecule has 1 aliphatic heterocycles. The second kappa shape index (κ2) is 7.24. The average molecular weight is 291 g/mol. The Balaban J connectivity index is 2.72. The Morgan fingerprint density at radius 1 is 1.37 bits per heavy atom. The number of methoxy groups -OCH3 is 1. The van der Waals surface area contributed by atoms with Gasteiger partial charge >= 0.3 is 5.97 Å². The van der Waals surface area contributed by atoms with Crippen LogP contribution in [0, 0.1) is 5.92 Å². The fourth-order valence-corrected chi connectivity index (χ4v) is 4.37. The van der Waals surface area contributed by atoms with Crippen LogP contribution < -0.4 is 0 Å². The lowest BCUT2D eigenvalue weighted by atomic mass is 10.0. The summed E-state index contributed by atoms with van der Waals surface area (Å²) in [5.41, 5.74) is 0. The fraction of sp³-hybridized carbons (Fsp3) is 0.923. The summed E-state index contributed by atoms with van der Waals surface area (Å²) < 4.78 is 30.9. The van der Waals surface area contributed by atoms with Gasteiger partial charge < -0.3 is 4.74 Å². The normalized spacial score (nSPS) is 21.6. The van der Waals surface area contributed by atoms with E-state index in [1.54, 1.807) is 0 Å². The lowest BCUT2D eigenvalue weighted by Crippen LogP contribution is -2.45. The Bertz CT molecular complexity index is 391. The summed E-state index contributed by atoms with van der Waals surface area (Å²) in [7, 11) is -1.92. The van der Waals surface area contributed by atoms with E-state index in [-0.39, 0.29) is 24.2 Å². The molecule has 112 valence electrons. The summed E-state index contributed by atoms with van der Waals surface area (Å²) >= 11 is 0.